The fourth-order valence-electron chi connectivity index (χ4n) is 2.16. The maximum atomic E-state index is 11.8. The van der Waals surface area contributed by atoms with Crippen molar-refractivity contribution in [2.24, 2.45) is 0 Å². The molecule has 0 amide bonds. The summed E-state index contributed by atoms with van der Waals surface area (Å²) in [5.41, 5.74) is 2.00. The molecule has 0 radical (unpaired) electrons. The summed E-state index contributed by atoms with van der Waals surface area (Å²) in [5, 5.41) is 3.18. The van der Waals surface area contributed by atoms with Crippen molar-refractivity contribution < 1.29 is 14.3 Å². The average molecular weight is 313 g/mol. The first-order valence-electron chi connectivity index (χ1n) is 7.93. The topological polar surface area (TPSA) is 47.6 Å². The monoisotopic (exact) mass is 313 g/mol. The second-order valence-corrected chi connectivity index (χ2v) is 5.16. The van der Waals surface area contributed by atoms with Crippen LogP contribution in [0.3, 0.4) is 0 Å². The molecule has 2 aromatic carbocycles. The summed E-state index contributed by atoms with van der Waals surface area (Å²) >= 11 is 0. The van der Waals surface area contributed by atoms with E-state index in [1.165, 1.54) is 0 Å². The second kappa shape index (κ2) is 8.83. The minimum atomic E-state index is -0.328. The van der Waals surface area contributed by atoms with Gasteiger partial charge < -0.3 is 14.8 Å². The average Bonchev–Trinajstić information content (AvgIpc) is 2.60. The van der Waals surface area contributed by atoms with Crippen molar-refractivity contribution in [3.8, 4) is 5.75 Å². The summed E-state index contributed by atoms with van der Waals surface area (Å²) in [5.74, 6) is 0.572. The van der Waals surface area contributed by atoms with Crippen LogP contribution in [0, 0.1) is 0 Å². The zero-order valence-corrected chi connectivity index (χ0v) is 13.6. The second-order valence-electron chi connectivity index (χ2n) is 5.16. The van der Waals surface area contributed by atoms with Gasteiger partial charge in [0.25, 0.3) is 0 Å². The lowest BCUT2D eigenvalue weighted by Gasteiger charge is -2.17. The summed E-state index contributed by atoms with van der Waals surface area (Å²) in [6, 6.07) is 17.3. The van der Waals surface area contributed by atoms with Gasteiger partial charge >= 0.3 is 5.97 Å². The minimum absolute atomic E-state index is 0.223. The quantitative estimate of drug-likeness (QED) is 0.748. The summed E-state index contributed by atoms with van der Waals surface area (Å²) in [7, 11) is 0. The van der Waals surface area contributed by atoms with Crippen molar-refractivity contribution in [3.05, 3.63) is 60.2 Å². The minimum Gasteiger partial charge on any atom is -0.489 e. The van der Waals surface area contributed by atoms with Gasteiger partial charge in [0.15, 0.2) is 0 Å². The van der Waals surface area contributed by atoms with E-state index in [1.54, 1.807) is 0 Å². The van der Waals surface area contributed by atoms with Crippen molar-refractivity contribution >= 4 is 11.7 Å². The van der Waals surface area contributed by atoms with E-state index in [-0.39, 0.29) is 12.0 Å². The lowest BCUT2D eigenvalue weighted by Crippen LogP contribution is -2.30. The van der Waals surface area contributed by atoms with Gasteiger partial charge in [0.05, 0.1) is 6.61 Å². The molecule has 0 spiro atoms. The lowest BCUT2D eigenvalue weighted by atomic mass is 10.2. The Kier molecular flexibility index (Phi) is 6.48. The molecule has 2 rings (SSSR count). The molecule has 1 unspecified atom stereocenters. The largest absolute Gasteiger partial charge is 0.489 e. The van der Waals surface area contributed by atoms with Crippen LogP contribution in [0.25, 0.3) is 0 Å². The molecule has 0 saturated heterocycles. The van der Waals surface area contributed by atoms with E-state index < -0.39 is 0 Å². The molecule has 4 nitrogen and oxygen atoms in total. The van der Waals surface area contributed by atoms with Crippen molar-refractivity contribution in [1.29, 1.82) is 0 Å². The zero-order chi connectivity index (χ0) is 16.5. The summed E-state index contributed by atoms with van der Waals surface area (Å²) in [6.45, 7) is 4.69. The van der Waals surface area contributed by atoms with Crippen molar-refractivity contribution in [2.75, 3.05) is 11.9 Å². The molecule has 2 aromatic rings. The van der Waals surface area contributed by atoms with Crippen LogP contribution in [0.4, 0.5) is 5.69 Å². The van der Waals surface area contributed by atoms with Crippen molar-refractivity contribution in [1.82, 2.24) is 0 Å². The van der Waals surface area contributed by atoms with E-state index in [2.05, 4.69) is 5.32 Å². The Bertz CT molecular complexity index is 596. The Balaban J connectivity index is 1.89. The number of carbonyl (C=O) groups excluding carboxylic acids is 1. The molecule has 4 heteroatoms. The summed E-state index contributed by atoms with van der Waals surface area (Å²) in [6.07, 6.45) is 0.672. The lowest BCUT2D eigenvalue weighted by molar-refractivity contribution is -0.144. The molecule has 0 aromatic heterocycles. The number of hydrogen-bond acceptors (Lipinski definition) is 4. The summed E-state index contributed by atoms with van der Waals surface area (Å²) < 4.78 is 10.8. The number of rotatable bonds is 8. The van der Waals surface area contributed by atoms with E-state index in [4.69, 9.17) is 9.47 Å². The van der Waals surface area contributed by atoms with Crippen LogP contribution in [0.15, 0.2) is 54.6 Å². The predicted octanol–water partition coefficient (Wildman–Crippen LogP) is 4.02. The SMILES string of the molecule is CCOC(=O)C(CC)Nc1ccc(OCc2ccccc2)cc1. The molecule has 0 aliphatic heterocycles. The Morgan fingerprint density at radius 3 is 2.35 bits per heavy atom. The van der Waals surface area contributed by atoms with Crippen molar-refractivity contribution in [3.63, 3.8) is 0 Å². The molecule has 0 bridgehead atoms. The van der Waals surface area contributed by atoms with Crippen LogP contribution in [0.2, 0.25) is 0 Å². The fraction of sp³-hybridized carbons (Fsp3) is 0.316. The van der Waals surface area contributed by atoms with Gasteiger partial charge in [-0.1, -0.05) is 37.3 Å². The number of nitrogens with one attached hydrogen (secondary N) is 1. The van der Waals surface area contributed by atoms with Crippen LogP contribution in [-0.2, 0) is 16.1 Å². The van der Waals surface area contributed by atoms with E-state index in [1.807, 2.05) is 68.4 Å². The fourth-order valence-corrected chi connectivity index (χ4v) is 2.16. The predicted molar refractivity (Wildman–Crippen MR) is 91.6 cm³/mol. The number of anilines is 1. The van der Waals surface area contributed by atoms with Gasteiger partial charge in [-0.2, -0.15) is 0 Å². The van der Waals surface area contributed by atoms with Crippen LogP contribution >= 0.6 is 0 Å². The van der Waals surface area contributed by atoms with E-state index >= 15 is 0 Å². The first kappa shape index (κ1) is 16.9. The maximum absolute atomic E-state index is 11.8. The molecule has 0 aliphatic rings. The third-order valence-electron chi connectivity index (χ3n) is 3.42. The van der Waals surface area contributed by atoms with Crippen LogP contribution in [-0.4, -0.2) is 18.6 Å². The highest BCUT2D eigenvalue weighted by atomic mass is 16.5. The Morgan fingerprint density at radius 1 is 1.04 bits per heavy atom. The highest BCUT2D eigenvalue weighted by Gasteiger charge is 2.16. The highest BCUT2D eigenvalue weighted by molar-refractivity contribution is 5.79. The molecule has 0 heterocycles. The molecular weight excluding hydrogens is 290 g/mol. The molecule has 1 N–H and O–H groups in total. The molecule has 0 saturated carbocycles. The maximum Gasteiger partial charge on any atom is 0.328 e. The first-order valence-corrected chi connectivity index (χ1v) is 7.93. The molecular formula is C19H23NO3. The number of hydrogen-bond donors (Lipinski definition) is 1. The van der Waals surface area contributed by atoms with Gasteiger partial charge in [0.1, 0.15) is 18.4 Å². The number of esters is 1. The Hall–Kier alpha value is -2.49. The smallest absolute Gasteiger partial charge is 0.328 e. The normalized spacial score (nSPS) is 11.6. The van der Waals surface area contributed by atoms with Gasteiger partial charge in [-0.15, -0.1) is 0 Å². The third-order valence-corrected chi connectivity index (χ3v) is 3.42. The molecule has 1 atom stereocenters. The summed E-state index contributed by atoms with van der Waals surface area (Å²) in [4.78, 5) is 11.8. The number of benzene rings is 2. The standard InChI is InChI=1S/C19H23NO3/c1-3-18(19(21)22-4-2)20-16-10-12-17(13-11-16)23-14-15-8-6-5-7-9-15/h5-13,18,20H,3-4,14H2,1-2H3. The van der Waals surface area contributed by atoms with E-state index in [9.17, 15) is 4.79 Å². The number of carbonyl (C=O) groups is 1. The Labute approximate surface area is 137 Å². The van der Waals surface area contributed by atoms with E-state index in [0.29, 0.717) is 19.6 Å². The van der Waals surface area contributed by atoms with Gasteiger partial charge in [-0.05, 0) is 43.2 Å². The molecule has 0 aliphatic carbocycles. The number of ether oxygens (including phenoxy) is 2. The van der Waals surface area contributed by atoms with Gasteiger partial charge in [0.2, 0.25) is 0 Å². The Morgan fingerprint density at radius 2 is 1.74 bits per heavy atom. The zero-order valence-electron chi connectivity index (χ0n) is 13.6. The van der Waals surface area contributed by atoms with Crippen LogP contribution in [0.5, 0.6) is 5.75 Å². The van der Waals surface area contributed by atoms with Crippen LogP contribution in [0.1, 0.15) is 25.8 Å². The molecule has 0 fully saturated rings. The first-order chi connectivity index (χ1) is 11.2. The van der Waals surface area contributed by atoms with Gasteiger partial charge in [-0.25, -0.2) is 4.79 Å². The van der Waals surface area contributed by atoms with Crippen LogP contribution < -0.4 is 10.1 Å². The highest BCUT2D eigenvalue weighted by Crippen LogP contribution is 2.18. The van der Waals surface area contributed by atoms with E-state index in [0.717, 1.165) is 17.0 Å². The van der Waals surface area contributed by atoms with Gasteiger partial charge in [-0.3, -0.25) is 0 Å². The van der Waals surface area contributed by atoms with Crippen molar-refractivity contribution in [2.45, 2.75) is 32.9 Å². The molecule has 23 heavy (non-hydrogen) atoms. The molecule has 122 valence electrons. The van der Waals surface area contributed by atoms with Gasteiger partial charge in [0, 0.05) is 5.69 Å². The third kappa shape index (κ3) is 5.33.